The smallest absolute Gasteiger partial charge is 0.291 e. The Balaban J connectivity index is 1.60. The quantitative estimate of drug-likeness (QED) is 0.587. The first kappa shape index (κ1) is 19.3. The molecule has 2 aromatic carbocycles. The van der Waals surface area contributed by atoms with E-state index in [2.05, 4.69) is 0 Å². The van der Waals surface area contributed by atoms with Crippen molar-refractivity contribution in [3.63, 3.8) is 0 Å². The molecule has 0 saturated carbocycles. The summed E-state index contributed by atoms with van der Waals surface area (Å²) in [4.78, 5) is 29.4. The van der Waals surface area contributed by atoms with Gasteiger partial charge in [0.25, 0.3) is 11.8 Å². The lowest BCUT2D eigenvalue weighted by molar-refractivity contribution is -0.123. The van der Waals surface area contributed by atoms with Crippen molar-refractivity contribution in [3.8, 4) is 0 Å². The van der Waals surface area contributed by atoms with Crippen LogP contribution >= 0.6 is 23.4 Å². The first-order valence-corrected chi connectivity index (χ1v) is 11.0. The molecule has 0 radical (unpaired) electrons. The molecule has 5 rings (SSSR count). The molecule has 1 atom stereocenters. The zero-order valence-corrected chi connectivity index (χ0v) is 17.9. The first-order valence-electron chi connectivity index (χ1n) is 9.68. The topological polar surface area (TPSA) is 53.8 Å². The third-order valence-corrected chi connectivity index (χ3v) is 7.25. The number of fused-ring (bicyclic) bond motifs is 2. The number of nitrogens with zero attached hydrogens (tertiary/aromatic N) is 2. The van der Waals surface area contributed by atoms with Gasteiger partial charge in [-0.2, -0.15) is 0 Å². The van der Waals surface area contributed by atoms with Gasteiger partial charge in [0.2, 0.25) is 0 Å². The van der Waals surface area contributed by atoms with Crippen LogP contribution in [0.15, 0.2) is 65.3 Å². The van der Waals surface area contributed by atoms with Crippen LogP contribution in [-0.2, 0) is 16.2 Å². The number of halogens is 1. The number of furan rings is 1. The predicted octanol–water partition coefficient (Wildman–Crippen LogP) is 4.83. The van der Waals surface area contributed by atoms with E-state index in [1.54, 1.807) is 28.0 Å². The van der Waals surface area contributed by atoms with Gasteiger partial charge in [-0.25, -0.2) is 0 Å². The summed E-state index contributed by atoms with van der Waals surface area (Å²) < 4.78 is 5.34. The fourth-order valence-corrected chi connectivity index (χ4v) is 5.78. The molecule has 3 aromatic rings. The van der Waals surface area contributed by atoms with Gasteiger partial charge in [0.1, 0.15) is 0 Å². The Bertz CT molecular complexity index is 1130. The van der Waals surface area contributed by atoms with E-state index in [9.17, 15) is 9.59 Å². The van der Waals surface area contributed by atoms with Gasteiger partial charge < -0.3 is 14.2 Å². The molecule has 7 heteroatoms. The van der Waals surface area contributed by atoms with Crippen molar-refractivity contribution in [1.29, 1.82) is 0 Å². The zero-order valence-electron chi connectivity index (χ0n) is 16.3. The zero-order chi connectivity index (χ0) is 20.9. The standard InChI is InChI=1S/C23H19ClN2O3S/c1-15-4-6-16(7-5-15)14-25-19-9-8-17(24)13-18(19)23(22(25)28)26(10-12-30-23)21(27)20-3-2-11-29-20/h2-9,11,13H,10,12,14H2,1H3. The van der Waals surface area contributed by atoms with Crippen molar-refractivity contribution in [1.82, 2.24) is 4.90 Å². The number of carbonyl (C=O) groups is 2. The fraction of sp³-hybridized carbons (Fsp3) is 0.217. The van der Waals surface area contributed by atoms with Gasteiger partial charge in [0, 0.05) is 22.9 Å². The summed E-state index contributed by atoms with van der Waals surface area (Å²) in [6, 6.07) is 16.9. The second kappa shape index (κ2) is 7.22. The van der Waals surface area contributed by atoms with Gasteiger partial charge in [-0.1, -0.05) is 41.4 Å². The van der Waals surface area contributed by atoms with Gasteiger partial charge in [0.05, 0.1) is 18.5 Å². The van der Waals surface area contributed by atoms with Gasteiger partial charge in [-0.05, 0) is 42.8 Å². The summed E-state index contributed by atoms with van der Waals surface area (Å²) in [7, 11) is 0. The van der Waals surface area contributed by atoms with E-state index in [-0.39, 0.29) is 17.6 Å². The number of hydrogen-bond acceptors (Lipinski definition) is 4. The Kier molecular flexibility index (Phi) is 4.64. The molecule has 1 fully saturated rings. The van der Waals surface area contributed by atoms with E-state index in [1.165, 1.54) is 18.0 Å². The molecule has 5 nitrogen and oxygen atoms in total. The summed E-state index contributed by atoms with van der Waals surface area (Å²) in [5, 5.41) is 0.538. The van der Waals surface area contributed by atoms with Gasteiger partial charge >= 0.3 is 0 Å². The Morgan fingerprint density at radius 2 is 2.00 bits per heavy atom. The molecule has 0 aliphatic carbocycles. The lowest BCUT2D eigenvalue weighted by Gasteiger charge is -2.32. The largest absolute Gasteiger partial charge is 0.459 e. The van der Waals surface area contributed by atoms with E-state index in [1.807, 2.05) is 43.3 Å². The minimum absolute atomic E-state index is 0.122. The fourth-order valence-electron chi connectivity index (χ4n) is 4.15. The minimum Gasteiger partial charge on any atom is -0.459 e. The van der Waals surface area contributed by atoms with Gasteiger partial charge in [-0.3, -0.25) is 9.59 Å². The van der Waals surface area contributed by atoms with Crippen LogP contribution in [0.1, 0.15) is 27.2 Å². The Morgan fingerprint density at radius 1 is 1.20 bits per heavy atom. The summed E-state index contributed by atoms with van der Waals surface area (Å²) in [6.45, 7) is 2.92. The molecule has 1 unspecified atom stereocenters. The Morgan fingerprint density at radius 3 is 2.73 bits per heavy atom. The number of hydrogen-bond donors (Lipinski definition) is 0. The molecule has 1 saturated heterocycles. The highest BCUT2D eigenvalue weighted by Crippen LogP contribution is 2.55. The number of benzene rings is 2. The van der Waals surface area contributed by atoms with Crippen LogP contribution in [0.5, 0.6) is 0 Å². The van der Waals surface area contributed by atoms with Crippen LogP contribution in [-0.4, -0.2) is 29.0 Å². The first-order chi connectivity index (χ1) is 14.5. The molecule has 3 heterocycles. The summed E-state index contributed by atoms with van der Waals surface area (Å²) in [5.41, 5.74) is 3.74. The summed E-state index contributed by atoms with van der Waals surface area (Å²) >= 11 is 7.80. The highest BCUT2D eigenvalue weighted by Gasteiger charge is 2.59. The van der Waals surface area contributed by atoms with Crippen LogP contribution in [0.4, 0.5) is 5.69 Å². The lowest BCUT2D eigenvalue weighted by Crippen LogP contribution is -2.50. The van der Waals surface area contributed by atoms with E-state index in [0.29, 0.717) is 23.9 Å². The summed E-state index contributed by atoms with van der Waals surface area (Å²) in [6.07, 6.45) is 1.47. The van der Waals surface area contributed by atoms with E-state index < -0.39 is 4.87 Å². The number of amides is 2. The van der Waals surface area contributed by atoms with Crippen LogP contribution in [0.3, 0.4) is 0 Å². The van der Waals surface area contributed by atoms with E-state index >= 15 is 0 Å². The second-order valence-electron chi connectivity index (χ2n) is 7.46. The molecule has 0 N–H and O–H groups in total. The van der Waals surface area contributed by atoms with Crippen molar-refractivity contribution in [2.75, 3.05) is 17.2 Å². The number of thioether (sulfide) groups is 1. The van der Waals surface area contributed by atoms with Gasteiger partial charge in [-0.15, -0.1) is 11.8 Å². The maximum Gasteiger partial charge on any atom is 0.291 e. The van der Waals surface area contributed by atoms with Crippen LogP contribution in [0.2, 0.25) is 5.02 Å². The SMILES string of the molecule is Cc1ccc(CN2C(=O)C3(SCCN3C(=O)c3ccco3)c3cc(Cl)ccc32)cc1. The predicted molar refractivity (Wildman–Crippen MR) is 118 cm³/mol. The molecule has 1 aromatic heterocycles. The molecule has 152 valence electrons. The molecule has 2 aliphatic heterocycles. The van der Waals surface area contributed by atoms with Gasteiger partial charge in [0.15, 0.2) is 10.6 Å². The number of rotatable bonds is 3. The number of aryl methyl sites for hydroxylation is 1. The van der Waals surface area contributed by atoms with Crippen molar-refractivity contribution in [3.05, 3.63) is 88.3 Å². The monoisotopic (exact) mass is 438 g/mol. The van der Waals surface area contributed by atoms with Crippen LogP contribution in [0, 0.1) is 6.92 Å². The summed E-state index contributed by atoms with van der Waals surface area (Å²) in [5.74, 6) is 0.470. The molecule has 2 aliphatic rings. The molecular formula is C23H19ClN2O3S. The lowest BCUT2D eigenvalue weighted by atomic mass is 10.1. The average molecular weight is 439 g/mol. The molecule has 0 bridgehead atoms. The molecule has 30 heavy (non-hydrogen) atoms. The van der Waals surface area contributed by atoms with Crippen molar-refractivity contribution in [2.45, 2.75) is 18.3 Å². The highest BCUT2D eigenvalue weighted by atomic mass is 35.5. The number of anilines is 1. The maximum absolute atomic E-state index is 13.9. The maximum atomic E-state index is 13.9. The van der Waals surface area contributed by atoms with Crippen molar-refractivity contribution >= 4 is 40.9 Å². The average Bonchev–Trinajstić information content (AvgIpc) is 3.47. The van der Waals surface area contributed by atoms with Crippen molar-refractivity contribution in [2.24, 2.45) is 0 Å². The third-order valence-electron chi connectivity index (χ3n) is 5.59. The minimum atomic E-state index is -1.13. The van der Waals surface area contributed by atoms with Crippen LogP contribution in [0.25, 0.3) is 0 Å². The third kappa shape index (κ3) is 2.86. The normalized spacial score (nSPS) is 20.3. The number of carbonyl (C=O) groups excluding carboxylic acids is 2. The van der Waals surface area contributed by atoms with Crippen molar-refractivity contribution < 1.29 is 14.0 Å². The molecular weight excluding hydrogens is 420 g/mol. The molecule has 2 amide bonds. The van der Waals surface area contributed by atoms with E-state index in [0.717, 1.165) is 22.4 Å². The molecule has 1 spiro atoms. The van der Waals surface area contributed by atoms with E-state index in [4.69, 9.17) is 16.0 Å². The Labute approximate surface area is 183 Å². The van der Waals surface area contributed by atoms with Crippen LogP contribution < -0.4 is 4.90 Å². The highest BCUT2D eigenvalue weighted by molar-refractivity contribution is 8.01. The Hall–Kier alpha value is -2.70. The second-order valence-corrected chi connectivity index (χ2v) is 9.19.